The number of anilines is 1. The predicted molar refractivity (Wildman–Crippen MR) is 89.4 cm³/mol. The third kappa shape index (κ3) is 5.27. The van der Waals surface area contributed by atoms with Gasteiger partial charge in [-0.05, 0) is 43.7 Å². The van der Waals surface area contributed by atoms with Crippen LogP contribution in [0.3, 0.4) is 0 Å². The average Bonchev–Trinajstić information content (AvgIpc) is 3.23. The first-order valence-corrected chi connectivity index (χ1v) is 6.95. The Morgan fingerprint density at radius 1 is 1.29 bits per heavy atom. The highest BCUT2D eigenvalue weighted by atomic mass is 35.5. The van der Waals surface area contributed by atoms with Gasteiger partial charge in [-0.1, -0.05) is 18.2 Å². The third-order valence-corrected chi connectivity index (χ3v) is 3.43. The highest BCUT2D eigenvalue weighted by Crippen LogP contribution is 2.27. The molecule has 1 aromatic rings. The molecule has 2 amide bonds. The SMILES string of the molecule is CN=C(NCC1CC1)NC(=O)Nc1c(C)cccc1C.Cl. The number of urea groups is 1. The standard InChI is InChI=1S/C15H22N4O.ClH/c1-10-5-4-6-11(2)13(10)18-15(20)19-14(16-3)17-9-12-7-8-12;/h4-6,12H,7-9H2,1-3H3,(H3,16,17,18,19,20);1H. The molecule has 1 saturated carbocycles. The molecule has 1 aromatic carbocycles. The van der Waals surface area contributed by atoms with Crippen molar-refractivity contribution in [1.82, 2.24) is 10.6 Å². The summed E-state index contributed by atoms with van der Waals surface area (Å²) < 4.78 is 0. The lowest BCUT2D eigenvalue weighted by Gasteiger charge is -2.14. The topological polar surface area (TPSA) is 65.5 Å². The number of nitrogens with one attached hydrogen (secondary N) is 3. The van der Waals surface area contributed by atoms with Gasteiger partial charge in [0, 0.05) is 19.3 Å². The van der Waals surface area contributed by atoms with Crippen LogP contribution in [-0.2, 0) is 0 Å². The molecule has 1 fully saturated rings. The number of rotatable bonds is 3. The molecule has 1 aliphatic carbocycles. The summed E-state index contributed by atoms with van der Waals surface area (Å²) in [7, 11) is 1.66. The number of halogens is 1. The van der Waals surface area contributed by atoms with E-state index in [1.807, 2.05) is 32.0 Å². The van der Waals surface area contributed by atoms with E-state index in [1.54, 1.807) is 7.05 Å². The van der Waals surface area contributed by atoms with Gasteiger partial charge in [0.25, 0.3) is 0 Å². The lowest BCUT2D eigenvalue weighted by molar-refractivity contribution is 0.256. The molecule has 0 saturated heterocycles. The summed E-state index contributed by atoms with van der Waals surface area (Å²) in [5, 5.41) is 8.77. The quantitative estimate of drug-likeness (QED) is 0.594. The Balaban J connectivity index is 0.00000220. The van der Waals surface area contributed by atoms with Gasteiger partial charge in [0.2, 0.25) is 0 Å². The Bertz CT molecular complexity index is 506. The van der Waals surface area contributed by atoms with Crippen molar-refractivity contribution in [3.8, 4) is 0 Å². The number of benzene rings is 1. The molecule has 21 heavy (non-hydrogen) atoms. The van der Waals surface area contributed by atoms with E-state index in [-0.39, 0.29) is 18.4 Å². The van der Waals surface area contributed by atoms with Crippen molar-refractivity contribution in [2.75, 3.05) is 18.9 Å². The molecule has 0 radical (unpaired) electrons. The fourth-order valence-electron chi connectivity index (χ4n) is 2.01. The fraction of sp³-hybridized carbons (Fsp3) is 0.467. The number of hydrogen-bond donors (Lipinski definition) is 3. The van der Waals surface area contributed by atoms with E-state index in [0.29, 0.717) is 5.96 Å². The van der Waals surface area contributed by atoms with Crippen molar-refractivity contribution in [2.45, 2.75) is 26.7 Å². The van der Waals surface area contributed by atoms with E-state index in [2.05, 4.69) is 20.9 Å². The number of aliphatic imine (C=N–C) groups is 1. The Morgan fingerprint density at radius 2 is 1.90 bits per heavy atom. The van der Waals surface area contributed by atoms with E-state index in [1.165, 1.54) is 12.8 Å². The van der Waals surface area contributed by atoms with Gasteiger partial charge < -0.3 is 10.6 Å². The maximum absolute atomic E-state index is 12.0. The number of carbonyl (C=O) groups excluding carboxylic acids is 1. The largest absolute Gasteiger partial charge is 0.356 e. The lowest BCUT2D eigenvalue weighted by Crippen LogP contribution is -2.43. The van der Waals surface area contributed by atoms with Crippen LogP contribution < -0.4 is 16.0 Å². The second kappa shape index (κ2) is 7.88. The molecule has 0 spiro atoms. The van der Waals surface area contributed by atoms with Crippen molar-refractivity contribution in [3.63, 3.8) is 0 Å². The molecule has 1 aliphatic rings. The first-order chi connectivity index (χ1) is 9.60. The highest BCUT2D eigenvalue weighted by molar-refractivity contribution is 6.02. The second-order valence-corrected chi connectivity index (χ2v) is 5.24. The minimum absolute atomic E-state index is 0. The van der Waals surface area contributed by atoms with Crippen molar-refractivity contribution in [3.05, 3.63) is 29.3 Å². The molecule has 0 aromatic heterocycles. The molecule has 0 bridgehead atoms. The summed E-state index contributed by atoms with van der Waals surface area (Å²) in [6.07, 6.45) is 2.52. The molecule has 116 valence electrons. The Kier molecular flexibility index (Phi) is 6.49. The van der Waals surface area contributed by atoms with Gasteiger partial charge >= 0.3 is 6.03 Å². The Morgan fingerprint density at radius 3 is 2.43 bits per heavy atom. The minimum atomic E-state index is -0.272. The molecular formula is C15H23ClN4O. The van der Waals surface area contributed by atoms with Crippen molar-refractivity contribution in [1.29, 1.82) is 0 Å². The van der Waals surface area contributed by atoms with Crippen LogP contribution in [-0.4, -0.2) is 25.6 Å². The zero-order chi connectivity index (χ0) is 14.5. The average molecular weight is 311 g/mol. The first kappa shape index (κ1) is 17.3. The van der Waals surface area contributed by atoms with Crippen LogP contribution in [0.4, 0.5) is 10.5 Å². The molecule has 5 nitrogen and oxygen atoms in total. The number of hydrogen-bond acceptors (Lipinski definition) is 2. The van der Waals surface area contributed by atoms with Gasteiger partial charge in [-0.15, -0.1) is 12.4 Å². The molecule has 0 unspecified atom stereocenters. The third-order valence-electron chi connectivity index (χ3n) is 3.43. The predicted octanol–water partition coefficient (Wildman–Crippen LogP) is 2.83. The molecule has 3 N–H and O–H groups in total. The lowest BCUT2D eigenvalue weighted by atomic mass is 10.1. The number of amides is 2. The highest BCUT2D eigenvalue weighted by Gasteiger charge is 2.21. The van der Waals surface area contributed by atoms with Crippen LogP contribution in [0.15, 0.2) is 23.2 Å². The van der Waals surface area contributed by atoms with E-state index in [4.69, 9.17) is 0 Å². The number of carbonyl (C=O) groups is 1. The summed E-state index contributed by atoms with van der Waals surface area (Å²) in [6, 6.07) is 5.65. The second-order valence-electron chi connectivity index (χ2n) is 5.24. The molecular weight excluding hydrogens is 288 g/mol. The molecule has 0 aliphatic heterocycles. The Hall–Kier alpha value is -1.75. The van der Waals surface area contributed by atoms with Crippen LogP contribution in [0, 0.1) is 19.8 Å². The monoisotopic (exact) mass is 310 g/mol. The Labute approximate surface area is 132 Å². The smallest absolute Gasteiger partial charge is 0.326 e. The number of nitrogens with zero attached hydrogens (tertiary/aromatic N) is 1. The molecule has 0 heterocycles. The maximum Gasteiger partial charge on any atom is 0.326 e. The first-order valence-electron chi connectivity index (χ1n) is 6.95. The van der Waals surface area contributed by atoms with Crippen molar-refractivity contribution >= 4 is 30.1 Å². The summed E-state index contributed by atoms with van der Waals surface area (Å²) in [4.78, 5) is 16.1. The zero-order valence-corrected chi connectivity index (χ0v) is 13.5. The summed E-state index contributed by atoms with van der Waals surface area (Å²) in [5.41, 5.74) is 2.93. The van der Waals surface area contributed by atoms with Crippen molar-refractivity contribution in [2.24, 2.45) is 10.9 Å². The van der Waals surface area contributed by atoms with Crippen LogP contribution in [0.25, 0.3) is 0 Å². The molecule has 2 rings (SSSR count). The van der Waals surface area contributed by atoms with Crippen LogP contribution in [0.5, 0.6) is 0 Å². The zero-order valence-electron chi connectivity index (χ0n) is 12.7. The van der Waals surface area contributed by atoms with E-state index >= 15 is 0 Å². The van der Waals surface area contributed by atoms with Crippen LogP contribution in [0.1, 0.15) is 24.0 Å². The van der Waals surface area contributed by atoms with Gasteiger partial charge in [0.1, 0.15) is 0 Å². The van der Waals surface area contributed by atoms with Gasteiger partial charge in [-0.3, -0.25) is 10.3 Å². The van der Waals surface area contributed by atoms with Gasteiger partial charge in [0.15, 0.2) is 5.96 Å². The van der Waals surface area contributed by atoms with E-state index in [9.17, 15) is 4.79 Å². The minimum Gasteiger partial charge on any atom is -0.356 e. The van der Waals surface area contributed by atoms with Crippen LogP contribution >= 0.6 is 12.4 Å². The summed E-state index contributed by atoms with van der Waals surface area (Å²) in [5.74, 6) is 1.25. The van der Waals surface area contributed by atoms with E-state index < -0.39 is 0 Å². The maximum atomic E-state index is 12.0. The fourth-order valence-corrected chi connectivity index (χ4v) is 2.01. The van der Waals surface area contributed by atoms with E-state index in [0.717, 1.165) is 29.3 Å². The van der Waals surface area contributed by atoms with Crippen LogP contribution in [0.2, 0.25) is 0 Å². The van der Waals surface area contributed by atoms with Gasteiger partial charge in [0.05, 0.1) is 0 Å². The summed E-state index contributed by atoms with van der Waals surface area (Å²) >= 11 is 0. The number of guanidine groups is 1. The number of aryl methyl sites for hydroxylation is 2. The van der Waals surface area contributed by atoms with Gasteiger partial charge in [-0.25, -0.2) is 4.79 Å². The number of para-hydroxylation sites is 1. The molecule has 0 atom stereocenters. The van der Waals surface area contributed by atoms with Crippen molar-refractivity contribution < 1.29 is 4.79 Å². The molecule has 6 heteroatoms. The normalized spacial score (nSPS) is 14.1. The summed E-state index contributed by atoms with van der Waals surface area (Å²) in [6.45, 7) is 4.82. The van der Waals surface area contributed by atoms with Gasteiger partial charge in [-0.2, -0.15) is 0 Å².